The van der Waals surface area contributed by atoms with Gasteiger partial charge < -0.3 is 10.2 Å². The third-order valence-electron chi connectivity index (χ3n) is 4.02. The fourth-order valence-electron chi connectivity index (χ4n) is 2.78. The molecular weight excluding hydrogens is 347 g/mol. The van der Waals surface area contributed by atoms with Crippen molar-refractivity contribution in [3.8, 4) is 0 Å². The van der Waals surface area contributed by atoms with E-state index in [1.54, 1.807) is 12.1 Å². The van der Waals surface area contributed by atoms with Gasteiger partial charge in [0.15, 0.2) is 0 Å². The third kappa shape index (κ3) is 3.55. The van der Waals surface area contributed by atoms with Crippen molar-refractivity contribution >= 4 is 40.7 Å². The summed E-state index contributed by atoms with van der Waals surface area (Å²) in [5, 5.41) is 3.78. The highest BCUT2D eigenvalue weighted by molar-refractivity contribution is 6.40. The van der Waals surface area contributed by atoms with Crippen LogP contribution in [0.2, 0.25) is 10.0 Å². The molecule has 1 N–H and O–H groups in total. The molecule has 0 unspecified atom stereocenters. The number of hydrogen-bond acceptors (Lipinski definition) is 2. The topological polar surface area (TPSA) is 49.4 Å². The molecule has 0 aromatic heterocycles. The fourth-order valence-corrected chi connectivity index (χ4v) is 3.29. The Kier molecular flexibility index (Phi) is 5.07. The molecule has 0 bridgehead atoms. The van der Waals surface area contributed by atoms with Crippen LogP contribution >= 0.6 is 23.2 Å². The van der Waals surface area contributed by atoms with Gasteiger partial charge in [-0.25, -0.2) is 0 Å². The highest BCUT2D eigenvalue weighted by atomic mass is 35.5. The van der Waals surface area contributed by atoms with Gasteiger partial charge in [-0.15, -0.1) is 0 Å². The highest BCUT2D eigenvalue weighted by Gasteiger charge is 2.28. The first kappa shape index (κ1) is 16.8. The molecule has 2 aromatic carbocycles. The summed E-state index contributed by atoms with van der Waals surface area (Å²) in [6, 6.07) is 12.9. The molecule has 0 spiro atoms. The molecule has 0 fully saturated rings. The Morgan fingerprint density at radius 3 is 2.71 bits per heavy atom. The second-order valence-electron chi connectivity index (χ2n) is 5.58. The summed E-state index contributed by atoms with van der Waals surface area (Å²) in [4.78, 5) is 26.0. The number of anilines is 1. The lowest BCUT2D eigenvalue weighted by molar-refractivity contribution is -0.137. The van der Waals surface area contributed by atoms with E-state index in [0.717, 1.165) is 23.2 Å². The van der Waals surface area contributed by atoms with Gasteiger partial charge in [-0.05, 0) is 42.2 Å². The smallest absolute Gasteiger partial charge is 0.316 e. The Labute approximate surface area is 150 Å². The molecule has 4 nitrogen and oxygen atoms in total. The van der Waals surface area contributed by atoms with E-state index in [9.17, 15) is 9.59 Å². The maximum absolute atomic E-state index is 12.3. The van der Waals surface area contributed by atoms with Gasteiger partial charge in [0.1, 0.15) is 0 Å². The maximum Gasteiger partial charge on any atom is 0.316 e. The average molecular weight is 363 g/mol. The Bertz CT molecular complexity index is 792. The van der Waals surface area contributed by atoms with Gasteiger partial charge in [0, 0.05) is 28.8 Å². The van der Waals surface area contributed by atoms with E-state index in [2.05, 4.69) is 5.32 Å². The second kappa shape index (κ2) is 7.24. The first-order valence-electron chi connectivity index (χ1n) is 7.68. The van der Waals surface area contributed by atoms with E-state index < -0.39 is 11.8 Å². The number of carbonyl (C=O) groups is 2. The molecule has 6 heteroatoms. The Morgan fingerprint density at radius 1 is 1.12 bits per heavy atom. The molecule has 124 valence electrons. The monoisotopic (exact) mass is 362 g/mol. The number of nitrogens with one attached hydrogen (secondary N) is 1. The molecule has 24 heavy (non-hydrogen) atoms. The molecule has 1 aliphatic rings. The van der Waals surface area contributed by atoms with Crippen LogP contribution in [0.15, 0.2) is 42.5 Å². The molecule has 1 heterocycles. The normalized spacial score (nSPS) is 12.8. The van der Waals surface area contributed by atoms with E-state index in [4.69, 9.17) is 23.2 Å². The summed E-state index contributed by atoms with van der Waals surface area (Å²) in [5.74, 6) is -1.13. The largest absolute Gasteiger partial charge is 0.347 e. The van der Waals surface area contributed by atoms with Crippen LogP contribution < -0.4 is 10.2 Å². The molecular formula is C18H16Cl2N2O2. The number of amides is 2. The number of halogens is 2. The lowest BCUT2D eigenvalue weighted by Gasteiger charge is -2.16. The Hall–Kier alpha value is -2.04. The third-order valence-corrected chi connectivity index (χ3v) is 4.61. The SMILES string of the molecule is O=C(NCCc1ccc(Cl)cc1Cl)C(=O)N1CCc2ccccc21. The molecule has 2 aromatic rings. The summed E-state index contributed by atoms with van der Waals surface area (Å²) in [7, 11) is 0. The van der Waals surface area contributed by atoms with Crippen molar-refractivity contribution in [3.63, 3.8) is 0 Å². The molecule has 0 saturated carbocycles. The maximum atomic E-state index is 12.3. The van der Waals surface area contributed by atoms with Crippen LogP contribution in [0.4, 0.5) is 5.69 Å². The molecule has 0 saturated heterocycles. The van der Waals surface area contributed by atoms with Crippen molar-refractivity contribution in [1.29, 1.82) is 0 Å². The Morgan fingerprint density at radius 2 is 1.92 bits per heavy atom. The van der Waals surface area contributed by atoms with Crippen LogP contribution in [0.5, 0.6) is 0 Å². The number of para-hydroxylation sites is 1. The van der Waals surface area contributed by atoms with E-state index >= 15 is 0 Å². The van der Waals surface area contributed by atoms with Crippen molar-refractivity contribution in [2.75, 3.05) is 18.0 Å². The Balaban J connectivity index is 1.57. The van der Waals surface area contributed by atoms with Gasteiger partial charge in [-0.2, -0.15) is 0 Å². The standard InChI is InChI=1S/C18H16Cl2N2O2/c19-14-6-5-12(15(20)11-14)7-9-21-17(23)18(24)22-10-8-13-3-1-2-4-16(13)22/h1-6,11H,7-10H2,(H,21,23). The van der Waals surface area contributed by atoms with Crippen molar-refractivity contribution in [1.82, 2.24) is 5.32 Å². The molecule has 0 atom stereocenters. The van der Waals surface area contributed by atoms with Gasteiger partial charge in [0.25, 0.3) is 0 Å². The van der Waals surface area contributed by atoms with E-state index in [0.29, 0.717) is 29.6 Å². The number of carbonyl (C=O) groups excluding carboxylic acids is 2. The number of fused-ring (bicyclic) bond motifs is 1. The minimum Gasteiger partial charge on any atom is -0.347 e. The van der Waals surface area contributed by atoms with Crippen LogP contribution in [0.1, 0.15) is 11.1 Å². The zero-order valence-corrected chi connectivity index (χ0v) is 14.4. The van der Waals surface area contributed by atoms with Crippen LogP contribution in [0, 0.1) is 0 Å². The minimum absolute atomic E-state index is 0.335. The lowest BCUT2D eigenvalue weighted by atomic mass is 10.1. The first-order chi connectivity index (χ1) is 11.6. The van der Waals surface area contributed by atoms with Crippen molar-refractivity contribution in [3.05, 3.63) is 63.6 Å². The van der Waals surface area contributed by atoms with Crippen molar-refractivity contribution in [2.24, 2.45) is 0 Å². The van der Waals surface area contributed by atoms with E-state index in [1.165, 1.54) is 4.90 Å². The second-order valence-corrected chi connectivity index (χ2v) is 6.42. The van der Waals surface area contributed by atoms with Gasteiger partial charge >= 0.3 is 11.8 Å². The van der Waals surface area contributed by atoms with Gasteiger partial charge in [0.2, 0.25) is 0 Å². The predicted octanol–water partition coefficient (Wildman–Crippen LogP) is 3.24. The predicted molar refractivity (Wildman–Crippen MR) is 95.7 cm³/mol. The summed E-state index contributed by atoms with van der Waals surface area (Å²) in [6.07, 6.45) is 1.31. The molecule has 0 aliphatic carbocycles. The quantitative estimate of drug-likeness (QED) is 0.852. The first-order valence-corrected chi connectivity index (χ1v) is 8.43. The minimum atomic E-state index is -0.600. The van der Waals surface area contributed by atoms with Crippen LogP contribution in [-0.2, 0) is 22.4 Å². The van der Waals surface area contributed by atoms with Gasteiger partial charge in [0.05, 0.1) is 0 Å². The molecule has 1 aliphatic heterocycles. The summed E-state index contributed by atoms with van der Waals surface area (Å²) in [6.45, 7) is 0.871. The number of hydrogen-bond donors (Lipinski definition) is 1. The van der Waals surface area contributed by atoms with Crippen LogP contribution in [0.25, 0.3) is 0 Å². The van der Waals surface area contributed by atoms with E-state index in [-0.39, 0.29) is 0 Å². The van der Waals surface area contributed by atoms with Crippen molar-refractivity contribution in [2.45, 2.75) is 12.8 Å². The number of benzene rings is 2. The van der Waals surface area contributed by atoms with Crippen LogP contribution in [0.3, 0.4) is 0 Å². The van der Waals surface area contributed by atoms with Crippen molar-refractivity contribution < 1.29 is 9.59 Å². The van der Waals surface area contributed by atoms with E-state index in [1.807, 2.05) is 30.3 Å². The number of nitrogens with zero attached hydrogens (tertiary/aromatic N) is 1. The van der Waals surface area contributed by atoms with Gasteiger partial charge in [-0.3, -0.25) is 9.59 Å². The van der Waals surface area contributed by atoms with Gasteiger partial charge in [-0.1, -0.05) is 47.5 Å². The molecule has 0 radical (unpaired) electrons. The fraction of sp³-hybridized carbons (Fsp3) is 0.222. The summed E-state index contributed by atoms with van der Waals surface area (Å²) < 4.78 is 0. The summed E-state index contributed by atoms with van der Waals surface area (Å²) >= 11 is 11.9. The zero-order valence-electron chi connectivity index (χ0n) is 12.9. The van der Waals surface area contributed by atoms with Crippen LogP contribution in [-0.4, -0.2) is 24.9 Å². The zero-order chi connectivity index (χ0) is 17.1. The molecule has 2 amide bonds. The highest BCUT2D eigenvalue weighted by Crippen LogP contribution is 2.27. The number of rotatable bonds is 3. The average Bonchev–Trinajstić information content (AvgIpc) is 3.00. The lowest BCUT2D eigenvalue weighted by Crippen LogP contribution is -2.43. The summed E-state index contributed by atoms with van der Waals surface area (Å²) in [5.41, 5.74) is 2.78. The molecule has 3 rings (SSSR count).